The fourth-order valence-electron chi connectivity index (χ4n) is 12.9. The number of hydrogen-bond acceptors (Lipinski definition) is 15. The summed E-state index contributed by atoms with van der Waals surface area (Å²) in [5, 5.41) is 44.1. The van der Waals surface area contributed by atoms with Crippen molar-refractivity contribution in [3.63, 3.8) is 0 Å². The van der Waals surface area contributed by atoms with Crippen molar-refractivity contribution in [3.8, 4) is 0 Å². The molecule has 4 amide bonds. The smallest absolute Gasteiger partial charge is 0.408 e. The number of fused-ring (bicyclic) bond motifs is 4. The number of carbonyl (C=O) groups excluding carboxylic acids is 4. The van der Waals surface area contributed by atoms with E-state index in [2.05, 4.69) is 64.2 Å². The van der Waals surface area contributed by atoms with E-state index in [1.54, 1.807) is 63.5 Å². The van der Waals surface area contributed by atoms with Crippen LogP contribution in [0, 0.1) is 21.7 Å². The zero-order valence-electron chi connectivity index (χ0n) is 47.3. The number of anilines is 3. The molecule has 81 heavy (non-hydrogen) atoms. The number of amides is 4. The molecule has 5 aromatic rings. The second-order valence-electron chi connectivity index (χ2n) is 23.5. The fraction of sp³-hybridized carbons (Fsp3) is 0.450. The van der Waals surface area contributed by atoms with Gasteiger partial charge in [-0.15, -0.1) is 0 Å². The van der Waals surface area contributed by atoms with Crippen molar-refractivity contribution < 1.29 is 48.5 Å². The van der Waals surface area contributed by atoms with Crippen LogP contribution in [0.1, 0.15) is 123 Å². The van der Waals surface area contributed by atoms with Gasteiger partial charge in [0.05, 0.1) is 34.9 Å². The quantitative estimate of drug-likeness (QED) is 0.0301. The van der Waals surface area contributed by atoms with Crippen LogP contribution >= 0.6 is 11.3 Å². The van der Waals surface area contributed by atoms with Crippen LogP contribution in [0.25, 0.3) is 15.8 Å². The number of pyridine rings is 1. The molecule has 2 bridgehead atoms. The first-order chi connectivity index (χ1) is 38.4. The van der Waals surface area contributed by atoms with E-state index >= 15 is 0 Å². The van der Waals surface area contributed by atoms with Crippen molar-refractivity contribution in [2.45, 2.75) is 117 Å². The second-order valence-corrected chi connectivity index (χ2v) is 24.5. The zero-order chi connectivity index (χ0) is 58.4. The number of hydrogen-bond donors (Lipinski definition) is 8. The number of thiazole rings is 1. The van der Waals surface area contributed by atoms with Crippen molar-refractivity contribution in [1.29, 1.82) is 5.41 Å². The van der Waals surface area contributed by atoms with Gasteiger partial charge in [-0.25, -0.2) is 19.6 Å². The number of nitrogens with one attached hydrogen (secondary N) is 6. The van der Waals surface area contributed by atoms with Gasteiger partial charge in [-0.2, -0.15) is 0 Å². The van der Waals surface area contributed by atoms with E-state index in [9.17, 15) is 39.0 Å². The number of aliphatic carboxylic acids is 1. The average molecular weight is 1130 g/mol. The number of carbonyl (C=O) groups is 6. The highest BCUT2D eigenvalue weighted by molar-refractivity contribution is 7.22. The summed E-state index contributed by atoms with van der Waals surface area (Å²) in [7, 11) is 3.22. The summed E-state index contributed by atoms with van der Waals surface area (Å²) in [6, 6.07) is 21.7. The van der Waals surface area contributed by atoms with Crippen LogP contribution in [-0.4, -0.2) is 125 Å². The number of nitrogens with zero attached hydrogens (tertiary/aromatic N) is 4. The Hall–Kier alpha value is -7.75. The van der Waals surface area contributed by atoms with Gasteiger partial charge < -0.3 is 56.2 Å². The van der Waals surface area contributed by atoms with Gasteiger partial charge in [0.2, 0.25) is 11.8 Å². The molecule has 5 unspecified atom stereocenters. The van der Waals surface area contributed by atoms with E-state index in [0.717, 1.165) is 53.2 Å². The van der Waals surface area contributed by atoms with Gasteiger partial charge in [-0.1, -0.05) is 75.4 Å². The molecule has 0 radical (unpaired) electrons. The lowest BCUT2D eigenvalue weighted by Gasteiger charge is -2.61. The first-order valence-corrected chi connectivity index (χ1v) is 28.0. The third kappa shape index (κ3) is 14.4. The highest BCUT2D eigenvalue weighted by atomic mass is 32.1. The lowest BCUT2D eigenvalue weighted by molar-refractivity contribution is -0.191. The SMILES string of the molecule is CNC(C)C(=O)Nc1ccc(COC(=O)NC(CC(=O)O)C(=O)N(C)CCOC23CC(C)(C)CC(C)(CC(C)(CN/C(C)=C(\C=N)c4ccc(N5CCc6cccc(C(=O)Nc7nc8ccccc8s7)c6C5)nc4C(=O)O)C2)C3)cc1. The van der Waals surface area contributed by atoms with Crippen molar-refractivity contribution >= 4 is 85.7 Å². The fourth-order valence-corrected chi connectivity index (χ4v) is 13.7. The number of likely N-dealkylation sites (N-methyl/N-ethyl adjacent to an activating group) is 2. The Morgan fingerprint density at radius 1 is 0.889 bits per heavy atom. The molecule has 0 spiro atoms. The second kappa shape index (κ2) is 24.5. The number of aromatic carboxylic acids is 1. The maximum atomic E-state index is 13.8. The van der Waals surface area contributed by atoms with E-state index in [1.807, 2.05) is 48.2 Å². The Labute approximate surface area is 476 Å². The number of aromatic nitrogens is 2. The van der Waals surface area contributed by atoms with Crippen LogP contribution in [-0.2, 0) is 43.4 Å². The van der Waals surface area contributed by atoms with Gasteiger partial charge in [0.15, 0.2) is 10.8 Å². The molecule has 3 heterocycles. The predicted molar refractivity (Wildman–Crippen MR) is 312 cm³/mol. The maximum absolute atomic E-state index is 13.8. The molecule has 2 aromatic heterocycles. The Kier molecular flexibility index (Phi) is 18.0. The monoisotopic (exact) mass is 1130 g/mol. The molecule has 20 nitrogen and oxygen atoms in total. The average Bonchev–Trinajstić information content (AvgIpc) is 3.86. The summed E-state index contributed by atoms with van der Waals surface area (Å²) in [5.74, 6) is -3.19. The molecule has 8 rings (SSSR count). The highest BCUT2D eigenvalue weighted by Crippen LogP contribution is 2.63. The van der Waals surface area contributed by atoms with Crippen LogP contribution in [0.2, 0.25) is 0 Å². The summed E-state index contributed by atoms with van der Waals surface area (Å²) in [6.07, 6.45) is 4.18. The predicted octanol–water partition coefficient (Wildman–Crippen LogP) is 8.72. The minimum absolute atomic E-state index is 0.0643. The largest absolute Gasteiger partial charge is 0.481 e. The maximum Gasteiger partial charge on any atom is 0.408 e. The number of allylic oxidation sites excluding steroid dienone is 2. The number of benzene rings is 3. The Bertz CT molecular complexity index is 3220. The van der Waals surface area contributed by atoms with E-state index in [4.69, 9.17) is 14.9 Å². The third-order valence-electron chi connectivity index (χ3n) is 15.7. The number of carboxylic acid groups (broad SMARTS) is 2. The van der Waals surface area contributed by atoms with E-state index < -0.39 is 48.0 Å². The molecular formula is C60H74N10O10S. The van der Waals surface area contributed by atoms with Gasteiger partial charge >= 0.3 is 18.0 Å². The van der Waals surface area contributed by atoms with Crippen molar-refractivity contribution in [2.24, 2.45) is 16.2 Å². The molecule has 8 N–H and O–H groups in total. The van der Waals surface area contributed by atoms with Gasteiger partial charge in [0, 0.05) is 67.5 Å². The summed E-state index contributed by atoms with van der Waals surface area (Å²) in [5.41, 5.74) is 4.32. The molecule has 0 saturated heterocycles. The molecule has 3 aliphatic rings. The molecule has 2 fully saturated rings. The van der Waals surface area contributed by atoms with E-state index in [-0.39, 0.29) is 53.5 Å². The van der Waals surface area contributed by atoms with Crippen molar-refractivity contribution in [3.05, 3.63) is 118 Å². The lowest BCUT2D eigenvalue weighted by atomic mass is 9.48. The minimum Gasteiger partial charge on any atom is -0.481 e. The van der Waals surface area contributed by atoms with E-state index in [0.29, 0.717) is 77.1 Å². The number of para-hydroxylation sites is 1. The van der Waals surface area contributed by atoms with Gasteiger partial charge in [-0.05, 0) is 135 Å². The minimum atomic E-state index is -1.41. The third-order valence-corrected chi connectivity index (χ3v) is 16.7. The number of rotatable bonds is 22. The van der Waals surface area contributed by atoms with Crippen LogP contribution in [0.4, 0.5) is 21.4 Å². The zero-order valence-corrected chi connectivity index (χ0v) is 48.1. The van der Waals surface area contributed by atoms with E-state index in [1.165, 1.54) is 16.2 Å². The topological polar surface area (TPSA) is 278 Å². The number of ether oxygens (including phenoxy) is 2. The molecule has 3 aromatic carbocycles. The summed E-state index contributed by atoms with van der Waals surface area (Å²) < 4.78 is 13.3. The van der Waals surface area contributed by atoms with Gasteiger partial charge in [-0.3, -0.25) is 24.5 Å². The summed E-state index contributed by atoms with van der Waals surface area (Å²) >= 11 is 1.40. The number of carboxylic acids is 2. The first-order valence-electron chi connectivity index (χ1n) is 27.2. The lowest BCUT2D eigenvalue weighted by Crippen LogP contribution is -2.58. The molecule has 430 valence electrons. The molecule has 2 aliphatic carbocycles. The van der Waals surface area contributed by atoms with Gasteiger partial charge in [0.25, 0.3) is 5.91 Å². The summed E-state index contributed by atoms with van der Waals surface area (Å²) in [6.45, 7) is 14.0. The van der Waals surface area contributed by atoms with Gasteiger partial charge in [0.1, 0.15) is 18.5 Å². The molecular weight excluding hydrogens is 1050 g/mol. The van der Waals surface area contributed by atoms with Crippen molar-refractivity contribution in [1.82, 2.24) is 30.8 Å². The normalized spacial score (nSPS) is 21.1. The first kappa shape index (κ1) is 59.4. The Morgan fingerprint density at radius 3 is 2.35 bits per heavy atom. The van der Waals surface area contributed by atoms with Crippen LogP contribution < -0.4 is 31.5 Å². The van der Waals surface area contributed by atoms with Crippen molar-refractivity contribution in [2.75, 3.05) is 55.9 Å². The standard InChI is InChI=1S/C60H74N10O10S/c1-36(43(27-61)41-20-21-48(67-50(41)54(76)77)70-23-22-39-12-11-13-42(44(39)28-70)52(74)68-55-65-45-14-9-10-15-47(45)81-55)63-35-59(6)32-58(5)30-57(3,4)31-60(33-58,34-59)80-25-24-69(8)53(75)46(26-49(71)72)66-56(78)79-29-38-16-18-40(19-17-38)64-51(73)37(2)62-7/h9-21,27,37,46,61-63H,22-26,28-35H2,1-8H3,(H,64,73)(H,66,78)(H,71,72)(H,76,77)(H,65,68,74)/b43-36+,61-27?. The van der Waals surface area contributed by atoms with Crippen LogP contribution in [0.15, 0.2) is 84.6 Å². The molecule has 2 saturated carbocycles. The Balaban J connectivity index is 0.904. The Morgan fingerprint density at radius 2 is 1.64 bits per heavy atom. The molecule has 21 heteroatoms. The number of alkyl carbamates (subject to hydrolysis) is 1. The molecule has 5 atom stereocenters. The molecule has 1 aliphatic heterocycles. The van der Waals surface area contributed by atoms with Crippen LogP contribution in [0.3, 0.4) is 0 Å². The highest BCUT2D eigenvalue weighted by Gasteiger charge is 2.58. The van der Waals surface area contributed by atoms with Crippen LogP contribution in [0.5, 0.6) is 0 Å². The summed E-state index contributed by atoms with van der Waals surface area (Å²) in [4.78, 5) is 90.2.